The average Bonchev–Trinajstić information content (AvgIpc) is 3.28. The van der Waals surface area contributed by atoms with Gasteiger partial charge in [-0.2, -0.15) is 0 Å². The highest BCUT2D eigenvalue weighted by molar-refractivity contribution is 5.70. The topological polar surface area (TPSA) is 231 Å². The van der Waals surface area contributed by atoms with Gasteiger partial charge in [-0.05, 0) is 32.1 Å². The highest BCUT2D eigenvalue weighted by atomic mass is 16.7. The largest absolute Gasteiger partial charge is 0.462 e. The van der Waals surface area contributed by atoms with Crippen molar-refractivity contribution >= 4 is 11.9 Å². The summed E-state index contributed by atoms with van der Waals surface area (Å²) in [5.74, 6) is -0.929. The molecule has 11 atom stereocenters. The third-order valence-electron chi connectivity index (χ3n) is 12.0. The van der Waals surface area contributed by atoms with E-state index in [2.05, 4.69) is 26.0 Å². The van der Waals surface area contributed by atoms with E-state index in [1.807, 2.05) is 0 Å². The number of ether oxygens (including phenoxy) is 6. The predicted octanol–water partition coefficient (Wildman–Crippen LogP) is 6.21. The molecular weight excluding hydrogens is 817 g/mol. The maximum Gasteiger partial charge on any atom is 0.306 e. The van der Waals surface area contributed by atoms with Crippen molar-refractivity contribution in [2.24, 2.45) is 0 Å². The van der Waals surface area contributed by atoms with Crippen LogP contribution in [-0.4, -0.2) is 142 Å². The predicted molar refractivity (Wildman–Crippen MR) is 238 cm³/mol. The van der Waals surface area contributed by atoms with E-state index in [-0.39, 0.29) is 26.1 Å². The molecule has 0 bridgehead atoms. The van der Waals surface area contributed by atoms with E-state index >= 15 is 0 Å². The fourth-order valence-corrected chi connectivity index (χ4v) is 7.84. The lowest BCUT2D eigenvalue weighted by Crippen LogP contribution is -2.61. The van der Waals surface area contributed by atoms with Crippen LogP contribution in [0.2, 0.25) is 0 Å². The van der Waals surface area contributed by atoms with Gasteiger partial charge in [-0.25, -0.2) is 0 Å². The molecule has 0 amide bonds. The SMILES string of the molecule is CCCC/C=C/CCCCCCCC(=O)OC[C@H](CO[C@@H]1O[C@H](CO[C@@H]2O[C@H](CO)[C@H](O)C(O)C2O)[C@H](O)C(O)C1O)OC(=O)CCCCCCCCCCCCCCCCCC. The quantitative estimate of drug-likeness (QED) is 0.0208. The molecular formula is C48H88O15. The summed E-state index contributed by atoms with van der Waals surface area (Å²) in [5.41, 5.74) is 0. The minimum atomic E-state index is -1.76. The highest BCUT2D eigenvalue weighted by Gasteiger charge is 2.47. The lowest BCUT2D eigenvalue weighted by atomic mass is 9.98. The summed E-state index contributed by atoms with van der Waals surface area (Å²) < 4.78 is 33.5. The third-order valence-corrected chi connectivity index (χ3v) is 12.0. The Morgan fingerprint density at radius 3 is 1.44 bits per heavy atom. The van der Waals surface area contributed by atoms with Crippen LogP contribution in [0.1, 0.15) is 187 Å². The van der Waals surface area contributed by atoms with Gasteiger partial charge in [-0.1, -0.05) is 154 Å². The number of unbranched alkanes of at least 4 members (excludes halogenated alkanes) is 22. The van der Waals surface area contributed by atoms with E-state index in [0.717, 1.165) is 57.8 Å². The summed E-state index contributed by atoms with van der Waals surface area (Å²) in [6.07, 6.45) is 16.8. The Labute approximate surface area is 378 Å². The Kier molecular flexibility index (Phi) is 33.1. The Bertz CT molecular complexity index is 1160. The van der Waals surface area contributed by atoms with Gasteiger partial charge in [0.15, 0.2) is 18.7 Å². The van der Waals surface area contributed by atoms with Crippen LogP contribution in [0.4, 0.5) is 0 Å². The Morgan fingerprint density at radius 1 is 0.492 bits per heavy atom. The van der Waals surface area contributed by atoms with Crippen LogP contribution >= 0.6 is 0 Å². The number of carbonyl (C=O) groups excluding carboxylic acids is 2. The van der Waals surface area contributed by atoms with E-state index in [9.17, 15) is 45.3 Å². The van der Waals surface area contributed by atoms with Gasteiger partial charge in [0.25, 0.3) is 0 Å². The van der Waals surface area contributed by atoms with E-state index in [1.54, 1.807) is 0 Å². The van der Waals surface area contributed by atoms with Crippen molar-refractivity contribution in [3.63, 3.8) is 0 Å². The number of hydrogen-bond donors (Lipinski definition) is 7. The number of aliphatic hydroxyl groups is 7. The number of esters is 2. The van der Waals surface area contributed by atoms with E-state index in [1.165, 1.54) is 89.9 Å². The van der Waals surface area contributed by atoms with Crippen LogP contribution in [0.3, 0.4) is 0 Å². The van der Waals surface area contributed by atoms with Crippen molar-refractivity contribution in [3.05, 3.63) is 12.2 Å². The maximum atomic E-state index is 13.0. The van der Waals surface area contributed by atoms with Crippen molar-refractivity contribution in [1.29, 1.82) is 0 Å². The molecule has 2 fully saturated rings. The number of aliphatic hydroxyl groups excluding tert-OH is 7. The molecule has 0 radical (unpaired) electrons. The molecule has 2 heterocycles. The van der Waals surface area contributed by atoms with Crippen LogP contribution in [-0.2, 0) is 38.0 Å². The molecule has 2 aliphatic rings. The van der Waals surface area contributed by atoms with Gasteiger partial charge in [0, 0.05) is 12.8 Å². The standard InChI is InChI=1S/C48H88O15/c1-3-5-7-9-11-13-15-16-17-18-19-21-23-25-27-29-31-40(51)61-36(33-58-39(50)30-28-26-24-22-20-14-12-10-8-6-4-2)34-59-47-46(57)44(55)42(53)38(63-47)35-60-48-45(56)43(54)41(52)37(32-49)62-48/h10,12,36-38,41-49,52-57H,3-9,11,13-35H2,1-2H3/b12-10+/t36-,37-,38-,41+,42+,43?,44?,45?,46?,47-,48-/m1/s1. The Morgan fingerprint density at radius 2 is 0.921 bits per heavy atom. The fraction of sp³-hybridized carbons (Fsp3) is 0.917. The fourth-order valence-electron chi connectivity index (χ4n) is 7.84. The van der Waals surface area contributed by atoms with Crippen molar-refractivity contribution in [2.45, 2.75) is 255 Å². The van der Waals surface area contributed by atoms with Gasteiger partial charge in [0.2, 0.25) is 0 Å². The van der Waals surface area contributed by atoms with Crippen LogP contribution in [0.25, 0.3) is 0 Å². The van der Waals surface area contributed by atoms with E-state index in [4.69, 9.17) is 28.4 Å². The summed E-state index contributed by atoms with van der Waals surface area (Å²) in [5, 5.41) is 71.9. The number of carbonyl (C=O) groups is 2. The van der Waals surface area contributed by atoms with E-state index in [0.29, 0.717) is 12.8 Å². The maximum absolute atomic E-state index is 13.0. The van der Waals surface area contributed by atoms with Crippen LogP contribution in [0.5, 0.6) is 0 Å². The first-order chi connectivity index (χ1) is 30.5. The number of rotatable bonds is 38. The van der Waals surface area contributed by atoms with Crippen LogP contribution in [0.15, 0.2) is 12.2 Å². The lowest BCUT2D eigenvalue weighted by Gasteiger charge is -2.42. The molecule has 2 saturated heterocycles. The van der Waals surface area contributed by atoms with Crippen molar-refractivity contribution in [1.82, 2.24) is 0 Å². The summed E-state index contributed by atoms with van der Waals surface area (Å²) in [6, 6.07) is 0. The molecule has 370 valence electrons. The molecule has 0 spiro atoms. The zero-order valence-electron chi connectivity index (χ0n) is 38.8. The molecule has 0 aromatic rings. The Balaban J connectivity index is 1.82. The number of allylic oxidation sites excluding steroid dienone is 2. The van der Waals surface area contributed by atoms with Crippen molar-refractivity contribution < 1.29 is 73.8 Å². The molecule has 0 saturated carbocycles. The molecule has 0 aromatic carbocycles. The van der Waals surface area contributed by atoms with Gasteiger partial charge in [0.1, 0.15) is 55.4 Å². The molecule has 15 nitrogen and oxygen atoms in total. The molecule has 0 aromatic heterocycles. The van der Waals surface area contributed by atoms with Gasteiger partial charge in [0.05, 0.1) is 19.8 Å². The summed E-state index contributed by atoms with van der Waals surface area (Å²) in [4.78, 5) is 25.7. The second-order valence-electron chi connectivity index (χ2n) is 17.6. The normalized spacial score (nSPS) is 26.9. The monoisotopic (exact) mass is 905 g/mol. The highest BCUT2D eigenvalue weighted by Crippen LogP contribution is 2.26. The summed E-state index contributed by atoms with van der Waals surface area (Å²) in [6.45, 7) is 2.55. The lowest BCUT2D eigenvalue weighted by molar-refractivity contribution is -0.332. The summed E-state index contributed by atoms with van der Waals surface area (Å²) in [7, 11) is 0. The van der Waals surface area contributed by atoms with Gasteiger partial charge >= 0.3 is 11.9 Å². The average molecular weight is 905 g/mol. The smallest absolute Gasteiger partial charge is 0.306 e. The summed E-state index contributed by atoms with van der Waals surface area (Å²) >= 11 is 0. The third kappa shape index (κ3) is 25.1. The molecule has 15 heteroatoms. The molecule has 0 aliphatic carbocycles. The molecule has 7 N–H and O–H groups in total. The minimum Gasteiger partial charge on any atom is -0.462 e. The zero-order chi connectivity index (χ0) is 46.1. The van der Waals surface area contributed by atoms with Crippen LogP contribution < -0.4 is 0 Å². The zero-order valence-corrected chi connectivity index (χ0v) is 38.8. The van der Waals surface area contributed by atoms with Crippen LogP contribution in [0, 0.1) is 0 Å². The van der Waals surface area contributed by atoms with E-state index < -0.39 is 92.7 Å². The van der Waals surface area contributed by atoms with Crippen molar-refractivity contribution in [3.8, 4) is 0 Å². The number of hydrogen-bond acceptors (Lipinski definition) is 15. The van der Waals surface area contributed by atoms with Gasteiger partial charge in [-0.3, -0.25) is 9.59 Å². The first-order valence-corrected chi connectivity index (χ1v) is 24.8. The first-order valence-electron chi connectivity index (χ1n) is 24.8. The second kappa shape index (κ2) is 36.4. The Hall–Kier alpha value is -1.76. The van der Waals surface area contributed by atoms with Crippen molar-refractivity contribution in [2.75, 3.05) is 26.4 Å². The molecule has 2 aliphatic heterocycles. The minimum absolute atomic E-state index is 0.169. The van der Waals surface area contributed by atoms with Gasteiger partial charge < -0.3 is 64.2 Å². The van der Waals surface area contributed by atoms with Gasteiger partial charge in [-0.15, -0.1) is 0 Å². The molecule has 2 rings (SSSR count). The molecule has 4 unspecified atom stereocenters. The second-order valence-corrected chi connectivity index (χ2v) is 17.6. The first kappa shape index (κ1) is 57.4. The molecule has 63 heavy (non-hydrogen) atoms.